The zero-order valence-electron chi connectivity index (χ0n) is 10.9. The molecule has 1 aliphatic heterocycles. The smallest absolute Gasteiger partial charge is 0.146 e. The summed E-state index contributed by atoms with van der Waals surface area (Å²) in [5.74, 6) is 1.36. The van der Waals surface area contributed by atoms with Gasteiger partial charge in [-0.3, -0.25) is 0 Å². The lowest BCUT2D eigenvalue weighted by Crippen LogP contribution is -2.09. The van der Waals surface area contributed by atoms with Crippen LogP contribution in [0.5, 0.6) is 0 Å². The molecule has 1 unspecified atom stereocenters. The molecular formula is C16H22FN. The molecule has 0 amide bonds. The van der Waals surface area contributed by atoms with Crippen molar-refractivity contribution in [3.63, 3.8) is 0 Å². The molecule has 1 nitrogen and oxygen atoms in total. The molecule has 1 aromatic rings. The van der Waals surface area contributed by atoms with Gasteiger partial charge in [0.1, 0.15) is 5.82 Å². The molecule has 1 N–H and O–H groups in total. The van der Waals surface area contributed by atoms with Gasteiger partial charge < -0.3 is 5.32 Å². The molecule has 0 spiro atoms. The quantitative estimate of drug-likeness (QED) is 0.816. The normalized spacial score (nSPS) is 23.7. The fourth-order valence-corrected chi connectivity index (χ4v) is 3.57. The van der Waals surface area contributed by atoms with E-state index in [-0.39, 0.29) is 5.82 Å². The van der Waals surface area contributed by atoms with Crippen molar-refractivity contribution in [1.29, 1.82) is 0 Å². The highest BCUT2D eigenvalue weighted by Gasteiger charge is 2.25. The second-order valence-corrected chi connectivity index (χ2v) is 5.86. The first-order valence-electron chi connectivity index (χ1n) is 7.37. The summed E-state index contributed by atoms with van der Waals surface area (Å²) in [6, 6.07) is 5.48. The van der Waals surface area contributed by atoms with Gasteiger partial charge in [0.05, 0.1) is 5.69 Å². The Bertz CT molecular complexity index is 410. The van der Waals surface area contributed by atoms with Gasteiger partial charge in [-0.15, -0.1) is 0 Å². The number of fused-ring (bicyclic) bond motifs is 1. The van der Waals surface area contributed by atoms with E-state index < -0.39 is 0 Å². The van der Waals surface area contributed by atoms with E-state index in [0.717, 1.165) is 18.2 Å². The van der Waals surface area contributed by atoms with Crippen molar-refractivity contribution in [2.24, 2.45) is 5.92 Å². The highest BCUT2D eigenvalue weighted by Crippen LogP contribution is 2.38. The van der Waals surface area contributed by atoms with Crippen LogP contribution in [0.25, 0.3) is 0 Å². The first kappa shape index (κ1) is 12.0. The number of nitrogens with one attached hydrogen (secondary N) is 1. The summed E-state index contributed by atoms with van der Waals surface area (Å²) in [6.45, 7) is 0.920. The average molecular weight is 247 g/mol. The van der Waals surface area contributed by atoms with Crippen LogP contribution in [0.4, 0.5) is 10.1 Å². The van der Waals surface area contributed by atoms with E-state index in [1.807, 2.05) is 6.07 Å². The summed E-state index contributed by atoms with van der Waals surface area (Å²) in [7, 11) is 0. The zero-order chi connectivity index (χ0) is 12.4. The van der Waals surface area contributed by atoms with Gasteiger partial charge in [-0.2, -0.15) is 0 Å². The minimum atomic E-state index is -0.0901. The van der Waals surface area contributed by atoms with Gasteiger partial charge in [0.25, 0.3) is 0 Å². The monoisotopic (exact) mass is 247 g/mol. The minimum absolute atomic E-state index is 0.0901. The van der Waals surface area contributed by atoms with Gasteiger partial charge in [0.2, 0.25) is 0 Å². The maximum atomic E-state index is 13.6. The zero-order valence-corrected chi connectivity index (χ0v) is 10.9. The number of hydrogen-bond acceptors (Lipinski definition) is 1. The van der Waals surface area contributed by atoms with Crippen LogP contribution in [-0.2, 0) is 0 Å². The van der Waals surface area contributed by atoms with Gasteiger partial charge in [-0.1, -0.05) is 44.2 Å². The van der Waals surface area contributed by atoms with E-state index in [4.69, 9.17) is 0 Å². The fraction of sp³-hybridized carbons (Fsp3) is 0.625. The molecule has 0 bridgehead atoms. The molecule has 1 aliphatic carbocycles. The third kappa shape index (κ3) is 2.38. The van der Waals surface area contributed by atoms with E-state index in [1.54, 1.807) is 6.07 Å². The van der Waals surface area contributed by atoms with Crippen LogP contribution in [-0.4, -0.2) is 6.54 Å². The molecule has 18 heavy (non-hydrogen) atoms. The van der Waals surface area contributed by atoms with Crippen molar-refractivity contribution in [1.82, 2.24) is 0 Å². The van der Waals surface area contributed by atoms with Crippen molar-refractivity contribution in [3.05, 3.63) is 29.6 Å². The molecule has 0 saturated heterocycles. The molecular weight excluding hydrogens is 225 g/mol. The van der Waals surface area contributed by atoms with Crippen molar-refractivity contribution in [2.45, 2.75) is 50.9 Å². The SMILES string of the molecule is Fc1cccc2c1NCC2CCC1CCCCC1. The van der Waals surface area contributed by atoms with E-state index in [2.05, 4.69) is 11.4 Å². The van der Waals surface area contributed by atoms with E-state index >= 15 is 0 Å². The molecule has 0 radical (unpaired) electrons. The first-order chi connectivity index (χ1) is 8.84. The highest BCUT2D eigenvalue weighted by molar-refractivity contribution is 5.58. The third-order valence-electron chi connectivity index (χ3n) is 4.66. The number of benzene rings is 1. The van der Waals surface area contributed by atoms with Crippen LogP contribution in [0, 0.1) is 11.7 Å². The molecule has 1 saturated carbocycles. The Morgan fingerprint density at radius 1 is 1.11 bits per heavy atom. The van der Waals surface area contributed by atoms with E-state index in [1.165, 1.54) is 50.5 Å². The van der Waals surface area contributed by atoms with Crippen LogP contribution in [0.3, 0.4) is 0 Å². The van der Waals surface area contributed by atoms with Gasteiger partial charge in [-0.25, -0.2) is 4.39 Å². The molecule has 1 aromatic carbocycles. The number of para-hydroxylation sites is 1. The lowest BCUT2D eigenvalue weighted by molar-refractivity contribution is 0.325. The predicted molar refractivity (Wildman–Crippen MR) is 73.4 cm³/mol. The second kappa shape index (κ2) is 5.29. The van der Waals surface area contributed by atoms with Crippen LogP contribution in [0.1, 0.15) is 56.4 Å². The van der Waals surface area contributed by atoms with Gasteiger partial charge in [-0.05, 0) is 30.4 Å². The molecule has 2 heteroatoms. The number of anilines is 1. The molecule has 2 aliphatic rings. The summed E-state index contributed by atoms with van der Waals surface area (Å²) in [5.41, 5.74) is 1.96. The summed E-state index contributed by atoms with van der Waals surface area (Å²) >= 11 is 0. The molecule has 1 heterocycles. The largest absolute Gasteiger partial charge is 0.382 e. The summed E-state index contributed by atoms with van der Waals surface area (Å²) in [5, 5.41) is 3.23. The van der Waals surface area contributed by atoms with Crippen LogP contribution < -0.4 is 5.32 Å². The van der Waals surface area contributed by atoms with Crippen molar-refractivity contribution in [2.75, 3.05) is 11.9 Å². The lowest BCUT2D eigenvalue weighted by atomic mass is 9.83. The molecule has 98 valence electrons. The lowest BCUT2D eigenvalue weighted by Gasteiger charge is -2.22. The average Bonchev–Trinajstić information content (AvgIpc) is 2.82. The van der Waals surface area contributed by atoms with Crippen molar-refractivity contribution >= 4 is 5.69 Å². The Labute approximate surface area is 109 Å². The Morgan fingerprint density at radius 3 is 2.78 bits per heavy atom. The Balaban J connectivity index is 1.60. The minimum Gasteiger partial charge on any atom is -0.382 e. The Hall–Kier alpha value is -1.05. The molecule has 3 rings (SSSR count). The highest BCUT2D eigenvalue weighted by atomic mass is 19.1. The van der Waals surface area contributed by atoms with Crippen LogP contribution >= 0.6 is 0 Å². The van der Waals surface area contributed by atoms with Gasteiger partial charge in [0, 0.05) is 12.5 Å². The standard InChI is InChI=1S/C16H22FN/c17-15-8-4-7-14-13(11-18-16(14)15)10-9-12-5-2-1-3-6-12/h4,7-8,12-13,18H,1-3,5-6,9-11H2. The fourth-order valence-electron chi connectivity index (χ4n) is 3.57. The van der Waals surface area contributed by atoms with E-state index in [0.29, 0.717) is 5.92 Å². The first-order valence-corrected chi connectivity index (χ1v) is 7.37. The predicted octanol–water partition coefficient (Wildman–Crippen LogP) is 4.70. The van der Waals surface area contributed by atoms with Crippen LogP contribution in [0.15, 0.2) is 18.2 Å². The molecule has 0 aromatic heterocycles. The third-order valence-corrected chi connectivity index (χ3v) is 4.66. The van der Waals surface area contributed by atoms with Crippen LogP contribution in [0.2, 0.25) is 0 Å². The second-order valence-electron chi connectivity index (χ2n) is 5.86. The topological polar surface area (TPSA) is 12.0 Å². The van der Waals surface area contributed by atoms with Gasteiger partial charge >= 0.3 is 0 Å². The number of hydrogen-bond donors (Lipinski definition) is 1. The number of rotatable bonds is 3. The molecule has 1 fully saturated rings. The Kier molecular flexibility index (Phi) is 3.53. The van der Waals surface area contributed by atoms with Crippen molar-refractivity contribution in [3.8, 4) is 0 Å². The molecule has 1 atom stereocenters. The Morgan fingerprint density at radius 2 is 1.94 bits per heavy atom. The van der Waals surface area contributed by atoms with Gasteiger partial charge in [0.15, 0.2) is 0 Å². The van der Waals surface area contributed by atoms with Crippen molar-refractivity contribution < 1.29 is 4.39 Å². The maximum absolute atomic E-state index is 13.6. The summed E-state index contributed by atoms with van der Waals surface area (Å²) < 4.78 is 13.6. The van der Waals surface area contributed by atoms with E-state index in [9.17, 15) is 4.39 Å². The summed E-state index contributed by atoms with van der Waals surface area (Å²) in [4.78, 5) is 0. The maximum Gasteiger partial charge on any atom is 0.146 e. The number of halogens is 1. The summed E-state index contributed by atoms with van der Waals surface area (Å²) in [6.07, 6.45) is 9.62.